The fourth-order valence-corrected chi connectivity index (χ4v) is 6.67. The predicted molar refractivity (Wildman–Crippen MR) is 156 cm³/mol. The van der Waals surface area contributed by atoms with E-state index < -0.39 is 0 Å². The van der Waals surface area contributed by atoms with Crippen molar-refractivity contribution >= 4 is 27.7 Å². The van der Waals surface area contributed by atoms with Gasteiger partial charge < -0.3 is 15.2 Å². The number of piperidine rings is 1. The number of nitrogens with zero attached hydrogens (tertiary/aromatic N) is 5. The highest BCUT2D eigenvalue weighted by Crippen LogP contribution is 2.36. The molecule has 204 valence electrons. The van der Waals surface area contributed by atoms with Gasteiger partial charge in [-0.05, 0) is 88.2 Å². The maximum atomic E-state index is 13.5. The second-order valence-corrected chi connectivity index (χ2v) is 11.1. The van der Waals surface area contributed by atoms with Crippen LogP contribution < -0.4 is 5.73 Å². The number of hydrogen-bond donors (Lipinski definition) is 1. The molecule has 2 N–H and O–H groups in total. The Kier molecular flexibility index (Phi) is 7.88. The Labute approximate surface area is 231 Å². The minimum atomic E-state index is 0.206. The van der Waals surface area contributed by atoms with E-state index in [-0.39, 0.29) is 11.9 Å². The molecule has 1 aliphatic carbocycles. The van der Waals surface area contributed by atoms with Crippen LogP contribution in [0.1, 0.15) is 67.9 Å². The lowest BCUT2D eigenvalue weighted by Crippen LogP contribution is -2.37. The van der Waals surface area contributed by atoms with E-state index in [0.29, 0.717) is 13.1 Å². The Hall–Kier alpha value is -3.29. The van der Waals surface area contributed by atoms with Gasteiger partial charge in [-0.2, -0.15) is 0 Å². The number of aryl methyl sites for hydroxylation is 1. The quantitative estimate of drug-likeness (QED) is 0.304. The number of para-hydroxylation sites is 1. The normalized spacial score (nSPS) is 17.7. The number of carbonyl (C=O) groups is 1. The smallest absolute Gasteiger partial charge is 0.242 e. The van der Waals surface area contributed by atoms with Gasteiger partial charge in [0, 0.05) is 48.3 Å². The fraction of sp³-hybridized carbons (Fsp3) is 0.469. The molecular formula is C32H40N6O. The molecule has 3 aromatic heterocycles. The van der Waals surface area contributed by atoms with E-state index in [0.717, 1.165) is 81.4 Å². The number of amides is 1. The number of hydrogen-bond acceptors (Lipinski definition) is 5. The van der Waals surface area contributed by atoms with Crippen LogP contribution in [-0.2, 0) is 24.3 Å². The van der Waals surface area contributed by atoms with Crippen LogP contribution in [0.25, 0.3) is 21.8 Å². The van der Waals surface area contributed by atoms with Crippen molar-refractivity contribution in [2.24, 2.45) is 5.73 Å². The predicted octanol–water partition coefficient (Wildman–Crippen LogP) is 5.22. The first kappa shape index (κ1) is 26.0. The second kappa shape index (κ2) is 11.8. The van der Waals surface area contributed by atoms with Crippen LogP contribution in [0.4, 0.5) is 0 Å². The van der Waals surface area contributed by atoms with E-state index in [9.17, 15) is 4.79 Å². The molecule has 4 heterocycles. The third kappa shape index (κ3) is 5.30. The number of unbranched alkanes of at least 4 members (excludes halogenated alkanes) is 1. The number of rotatable bonds is 9. The number of fused-ring (bicyclic) bond motifs is 4. The summed E-state index contributed by atoms with van der Waals surface area (Å²) in [4.78, 5) is 27.9. The molecule has 0 bridgehead atoms. The van der Waals surface area contributed by atoms with Gasteiger partial charge in [-0.3, -0.25) is 19.7 Å². The van der Waals surface area contributed by atoms with Gasteiger partial charge in [0.25, 0.3) is 0 Å². The van der Waals surface area contributed by atoms with E-state index in [1.165, 1.54) is 34.9 Å². The van der Waals surface area contributed by atoms with Crippen LogP contribution in [0.15, 0.2) is 54.9 Å². The van der Waals surface area contributed by atoms with Crippen molar-refractivity contribution in [2.45, 2.75) is 70.5 Å². The van der Waals surface area contributed by atoms with E-state index >= 15 is 0 Å². The number of likely N-dealkylation sites (tertiary alicyclic amines) is 1. The molecule has 7 heteroatoms. The Morgan fingerprint density at radius 3 is 2.69 bits per heavy atom. The third-order valence-corrected chi connectivity index (χ3v) is 8.62. The second-order valence-electron chi connectivity index (χ2n) is 11.1. The van der Waals surface area contributed by atoms with E-state index in [1.807, 2.05) is 17.3 Å². The molecule has 0 spiro atoms. The molecule has 7 nitrogen and oxygen atoms in total. The largest absolute Gasteiger partial charge is 0.341 e. The topological polar surface area (TPSA) is 80.3 Å². The molecule has 1 saturated heterocycles. The highest BCUT2D eigenvalue weighted by atomic mass is 16.2. The maximum absolute atomic E-state index is 13.5. The summed E-state index contributed by atoms with van der Waals surface area (Å²) in [5.74, 6) is 0.206. The summed E-state index contributed by atoms with van der Waals surface area (Å²) in [7, 11) is 0. The Bertz CT molecular complexity index is 1440. The van der Waals surface area contributed by atoms with Gasteiger partial charge in [-0.25, -0.2) is 0 Å². The third-order valence-electron chi connectivity index (χ3n) is 8.62. The van der Waals surface area contributed by atoms with Gasteiger partial charge in [0.05, 0.1) is 22.9 Å². The van der Waals surface area contributed by atoms with Gasteiger partial charge >= 0.3 is 0 Å². The SMILES string of the molecule is NCCCCN(Cc1nccc2c3ccccc3n(CC(=O)N3CCCCC3)c12)C1CCCc2cccnc21. The van der Waals surface area contributed by atoms with Crippen molar-refractivity contribution in [3.8, 4) is 0 Å². The molecule has 1 atom stereocenters. The highest BCUT2D eigenvalue weighted by molar-refractivity contribution is 6.09. The first-order chi connectivity index (χ1) is 19.2. The average molecular weight is 525 g/mol. The zero-order valence-corrected chi connectivity index (χ0v) is 22.9. The molecule has 1 aliphatic heterocycles. The van der Waals surface area contributed by atoms with Crippen LogP contribution in [-0.4, -0.2) is 56.4 Å². The average Bonchev–Trinajstić information content (AvgIpc) is 3.31. The van der Waals surface area contributed by atoms with Gasteiger partial charge in [-0.15, -0.1) is 0 Å². The number of nitrogens with two attached hydrogens (primary N) is 1. The molecular weight excluding hydrogens is 484 g/mol. The summed E-state index contributed by atoms with van der Waals surface area (Å²) in [6.45, 7) is 4.45. The van der Waals surface area contributed by atoms with Gasteiger partial charge in [-0.1, -0.05) is 24.3 Å². The van der Waals surface area contributed by atoms with Gasteiger partial charge in [0.2, 0.25) is 5.91 Å². The van der Waals surface area contributed by atoms with Crippen molar-refractivity contribution in [3.05, 3.63) is 71.8 Å². The van der Waals surface area contributed by atoms with Crippen molar-refractivity contribution in [1.82, 2.24) is 24.3 Å². The molecule has 1 amide bonds. The number of carbonyl (C=O) groups excluding carboxylic acids is 1. The minimum absolute atomic E-state index is 0.206. The molecule has 6 rings (SSSR count). The zero-order chi connectivity index (χ0) is 26.6. The zero-order valence-electron chi connectivity index (χ0n) is 22.9. The van der Waals surface area contributed by atoms with Crippen molar-refractivity contribution in [1.29, 1.82) is 0 Å². The van der Waals surface area contributed by atoms with Crippen molar-refractivity contribution in [3.63, 3.8) is 0 Å². The number of aromatic nitrogens is 3. The number of pyridine rings is 2. The van der Waals surface area contributed by atoms with Crippen LogP contribution in [0.2, 0.25) is 0 Å². The molecule has 1 unspecified atom stereocenters. The molecule has 1 fully saturated rings. The summed E-state index contributed by atoms with van der Waals surface area (Å²) < 4.78 is 2.23. The molecule has 2 aliphatic rings. The highest BCUT2D eigenvalue weighted by Gasteiger charge is 2.29. The van der Waals surface area contributed by atoms with Crippen LogP contribution in [0.5, 0.6) is 0 Å². The number of benzene rings is 1. The molecule has 1 aromatic carbocycles. The molecule has 0 saturated carbocycles. The lowest BCUT2D eigenvalue weighted by Gasteiger charge is -2.35. The molecule has 39 heavy (non-hydrogen) atoms. The van der Waals surface area contributed by atoms with Crippen molar-refractivity contribution < 1.29 is 4.79 Å². The summed E-state index contributed by atoms with van der Waals surface area (Å²) in [6, 6.07) is 15.1. The first-order valence-corrected chi connectivity index (χ1v) is 14.7. The van der Waals surface area contributed by atoms with Gasteiger partial charge in [0.15, 0.2) is 0 Å². The Balaban J connectivity index is 1.40. The summed E-state index contributed by atoms with van der Waals surface area (Å²) in [5, 5.41) is 2.35. The van der Waals surface area contributed by atoms with Crippen LogP contribution in [0.3, 0.4) is 0 Å². The van der Waals surface area contributed by atoms with Crippen LogP contribution >= 0.6 is 0 Å². The minimum Gasteiger partial charge on any atom is -0.341 e. The summed E-state index contributed by atoms with van der Waals surface area (Å²) in [6.07, 6.45) is 12.7. The molecule has 0 radical (unpaired) electrons. The lowest BCUT2D eigenvalue weighted by molar-refractivity contribution is -0.132. The van der Waals surface area contributed by atoms with Gasteiger partial charge in [0.1, 0.15) is 6.54 Å². The monoisotopic (exact) mass is 524 g/mol. The Morgan fingerprint density at radius 2 is 1.82 bits per heavy atom. The first-order valence-electron chi connectivity index (χ1n) is 14.7. The van der Waals surface area contributed by atoms with E-state index in [4.69, 9.17) is 15.7 Å². The van der Waals surface area contributed by atoms with E-state index in [2.05, 4.69) is 51.9 Å². The summed E-state index contributed by atoms with van der Waals surface area (Å²) >= 11 is 0. The van der Waals surface area contributed by atoms with E-state index in [1.54, 1.807) is 0 Å². The fourth-order valence-electron chi connectivity index (χ4n) is 6.67. The van der Waals surface area contributed by atoms with Crippen LogP contribution in [0, 0.1) is 0 Å². The standard InChI is InChI=1S/C32H40N6O/c33-16-4-7-21-37(29-14-8-10-24-11-9-17-35-31(24)29)22-27-32-26(15-18-34-27)25-12-2-3-13-28(25)38(32)23-30(39)36-19-5-1-6-20-36/h2-3,9,11-13,15,17-18,29H,1,4-8,10,14,16,19-23,33H2. The lowest BCUT2D eigenvalue weighted by atomic mass is 9.90. The maximum Gasteiger partial charge on any atom is 0.242 e. The summed E-state index contributed by atoms with van der Waals surface area (Å²) in [5.41, 5.74) is 11.7. The van der Waals surface area contributed by atoms with Crippen molar-refractivity contribution in [2.75, 3.05) is 26.2 Å². The molecule has 4 aromatic rings. The Morgan fingerprint density at radius 1 is 0.949 bits per heavy atom.